The number of ether oxygens (including phenoxy) is 2. The standard InChI is InChI=1S/C10H16O3/c1-8(6-11)4-5-9-7-12-10(2,3)13-9/h4-5,9,11H,1,6-7H2,2-3H3/b5-4+/t9-/m0/s1. The molecule has 0 unspecified atom stereocenters. The van der Waals surface area contributed by atoms with E-state index in [0.29, 0.717) is 12.2 Å². The van der Waals surface area contributed by atoms with Gasteiger partial charge in [0.1, 0.15) is 6.10 Å². The van der Waals surface area contributed by atoms with E-state index in [1.54, 1.807) is 6.08 Å². The largest absolute Gasteiger partial charge is 0.392 e. The first-order valence-electron chi connectivity index (χ1n) is 4.32. The summed E-state index contributed by atoms with van der Waals surface area (Å²) in [5, 5.41) is 8.69. The Balaban J connectivity index is 2.40. The minimum atomic E-state index is -0.491. The Kier molecular flexibility index (Phi) is 3.25. The van der Waals surface area contributed by atoms with Crippen molar-refractivity contribution < 1.29 is 14.6 Å². The zero-order chi connectivity index (χ0) is 9.90. The van der Waals surface area contributed by atoms with Gasteiger partial charge in [0.05, 0.1) is 13.2 Å². The molecule has 0 radical (unpaired) electrons. The van der Waals surface area contributed by atoms with Crippen molar-refractivity contribution in [3.63, 3.8) is 0 Å². The number of hydrogen-bond donors (Lipinski definition) is 1. The Labute approximate surface area is 78.7 Å². The summed E-state index contributed by atoms with van der Waals surface area (Å²) in [4.78, 5) is 0. The van der Waals surface area contributed by atoms with E-state index >= 15 is 0 Å². The molecule has 1 atom stereocenters. The van der Waals surface area contributed by atoms with Gasteiger partial charge in [-0.05, 0) is 19.4 Å². The molecule has 3 heteroatoms. The van der Waals surface area contributed by atoms with Gasteiger partial charge < -0.3 is 14.6 Å². The lowest BCUT2D eigenvalue weighted by Crippen LogP contribution is -2.20. The van der Waals surface area contributed by atoms with Gasteiger partial charge in [-0.25, -0.2) is 0 Å². The maximum Gasteiger partial charge on any atom is 0.163 e. The highest BCUT2D eigenvalue weighted by Crippen LogP contribution is 2.22. The van der Waals surface area contributed by atoms with Crippen molar-refractivity contribution in [2.75, 3.05) is 13.2 Å². The number of rotatable bonds is 3. The van der Waals surface area contributed by atoms with Gasteiger partial charge in [-0.1, -0.05) is 18.7 Å². The van der Waals surface area contributed by atoms with Gasteiger partial charge in [0.25, 0.3) is 0 Å². The average molecular weight is 184 g/mol. The highest BCUT2D eigenvalue weighted by Gasteiger charge is 2.30. The molecule has 1 saturated heterocycles. The zero-order valence-corrected chi connectivity index (χ0v) is 8.12. The first-order valence-corrected chi connectivity index (χ1v) is 4.32. The minimum Gasteiger partial charge on any atom is -0.392 e. The predicted molar refractivity (Wildman–Crippen MR) is 50.3 cm³/mol. The summed E-state index contributed by atoms with van der Waals surface area (Å²) in [7, 11) is 0. The van der Waals surface area contributed by atoms with Gasteiger partial charge in [0.15, 0.2) is 5.79 Å². The zero-order valence-electron chi connectivity index (χ0n) is 8.12. The topological polar surface area (TPSA) is 38.7 Å². The van der Waals surface area contributed by atoms with Crippen molar-refractivity contribution in [2.24, 2.45) is 0 Å². The third-order valence-corrected chi connectivity index (χ3v) is 1.78. The van der Waals surface area contributed by atoms with Gasteiger partial charge in [-0.3, -0.25) is 0 Å². The van der Waals surface area contributed by atoms with E-state index < -0.39 is 5.79 Å². The summed E-state index contributed by atoms with van der Waals surface area (Å²) in [5.41, 5.74) is 0.674. The van der Waals surface area contributed by atoms with Crippen molar-refractivity contribution in [1.29, 1.82) is 0 Å². The Hall–Kier alpha value is -0.640. The highest BCUT2D eigenvalue weighted by molar-refractivity contribution is 5.16. The molecule has 1 fully saturated rings. The van der Waals surface area contributed by atoms with E-state index in [9.17, 15) is 0 Å². The number of aliphatic hydroxyl groups excluding tert-OH is 1. The van der Waals surface area contributed by atoms with E-state index in [1.165, 1.54) is 0 Å². The molecule has 0 bridgehead atoms. The van der Waals surface area contributed by atoms with Gasteiger partial charge in [0.2, 0.25) is 0 Å². The SMILES string of the molecule is C=C(/C=C/[C@H]1COC(C)(C)O1)CO. The molecule has 1 rings (SSSR count). The van der Waals surface area contributed by atoms with Crippen molar-refractivity contribution in [1.82, 2.24) is 0 Å². The lowest BCUT2D eigenvalue weighted by molar-refractivity contribution is -0.133. The fourth-order valence-corrected chi connectivity index (χ4v) is 1.11. The first kappa shape index (κ1) is 10.4. The van der Waals surface area contributed by atoms with Gasteiger partial charge in [0, 0.05) is 0 Å². The van der Waals surface area contributed by atoms with Crippen LogP contribution in [0.3, 0.4) is 0 Å². The molecule has 1 N–H and O–H groups in total. The van der Waals surface area contributed by atoms with Crippen LogP contribution in [0.2, 0.25) is 0 Å². The second-order valence-corrected chi connectivity index (χ2v) is 3.54. The summed E-state index contributed by atoms with van der Waals surface area (Å²) in [5.74, 6) is -0.491. The summed E-state index contributed by atoms with van der Waals surface area (Å²) >= 11 is 0. The predicted octanol–water partition coefficient (Wildman–Crippen LogP) is 1.24. The maximum atomic E-state index is 8.69. The molecular weight excluding hydrogens is 168 g/mol. The van der Waals surface area contributed by atoms with Crippen molar-refractivity contribution in [3.8, 4) is 0 Å². The van der Waals surface area contributed by atoms with E-state index in [2.05, 4.69) is 6.58 Å². The molecule has 3 nitrogen and oxygen atoms in total. The van der Waals surface area contributed by atoms with Crippen LogP contribution < -0.4 is 0 Å². The highest BCUT2D eigenvalue weighted by atomic mass is 16.7. The van der Waals surface area contributed by atoms with Crippen LogP contribution in [-0.4, -0.2) is 30.2 Å². The lowest BCUT2D eigenvalue weighted by atomic mass is 10.2. The Morgan fingerprint density at radius 3 is 2.85 bits per heavy atom. The fraction of sp³-hybridized carbons (Fsp3) is 0.600. The first-order chi connectivity index (χ1) is 6.03. The van der Waals surface area contributed by atoms with Crippen LogP contribution in [0.1, 0.15) is 13.8 Å². The third-order valence-electron chi connectivity index (χ3n) is 1.78. The summed E-state index contributed by atoms with van der Waals surface area (Å²) < 4.78 is 10.9. The van der Waals surface area contributed by atoms with E-state index in [4.69, 9.17) is 14.6 Å². The molecule has 0 aromatic carbocycles. The molecule has 13 heavy (non-hydrogen) atoms. The molecule has 0 aliphatic carbocycles. The van der Waals surface area contributed by atoms with Crippen LogP contribution in [0, 0.1) is 0 Å². The smallest absolute Gasteiger partial charge is 0.163 e. The fourth-order valence-electron chi connectivity index (χ4n) is 1.11. The van der Waals surface area contributed by atoms with Crippen LogP contribution in [-0.2, 0) is 9.47 Å². The van der Waals surface area contributed by atoms with Crippen molar-refractivity contribution in [2.45, 2.75) is 25.7 Å². The van der Waals surface area contributed by atoms with Gasteiger partial charge in [-0.15, -0.1) is 0 Å². The third kappa shape index (κ3) is 3.30. The lowest BCUT2D eigenvalue weighted by Gasteiger charge is -2.15. The molecule has 0 saturated carbocycles. The molecular formula is C10H16O3. The van der Waals surface area contributed by atoms with Crippen molar-refractivity contribution >= 4 is 0 Å². The molecule has 1 aliphatic heterocycles. The van der Waals surface area contributed by atoms with Crippen molar-refractivity contribution in [3.05, 3.63) is 24.3 Å². The van der Waals surface area contributed by atoms with E-state index in [-0.39, 0.29) is 12.7 Å². The van der Waals surface area contributed by atoms with Crippen LogP contribution in [0.4, 0.5) is 0 Å². The summed E-state index contributed by atoms with van der Waals surface area (Å²) in [6.07, 6.45) is 3.58. The molecule has 0 aromatic heterocycles. The molecule has 0 spiro atoms. The normalized spacial score (nSPS) is 26.8. The maximum absolute atomic E-state index is 8.69. The number of aliphatic hydroxyl groups is 1. The second-order valence-electron chi connectivity index (χ2n) is 3.54. The van der Waals surface area contributed by atoms with Crippen LogP contribution in [0.5, 0.6) is 0 Å². The summed E-state index contributed by atoms with van der Waals surface area (Å²) in [6.45, 7) is 7.93. The Morgan fingerprint density at radius 2 is 2.38 bits per heavy atom. The van der Waals surface area contributed by atoms with Gasteiger partial charge in [-0.2, -0.15) is 0 Å². The molecule has 0 amide bonds. The Bertz CT molecular complexity index is 218. The second kappa shape index (κ2) is 4.05. The molecule has 0 aromatic rings. The minimum absolute atomic E-state index is 0.0204. The van der Waals surface area contributed by atoms with E-state index in [0.717, 1.165) is 0 Å². The van der Waals surface area contributed by atoms with Crippen LogP contribution >= 0.6 is 0 Å². The van der Waals surface area contributed by atoms with Crippen LogP contribution in [0.25, 0.3) is 0 Å². The van der Waals surface area contributed by atoms with Crippen LogP contribution in [0.15, 0.2) is 24.3 Å². The van der Waals surface area contributed by atoms with E-state index in [1.807, 2.05) is 19.9 Å². The molecule has 74 valence electrons. The Morgan fingerprint density at radius 1 is 1.69 bits per heavy atom. The number of hydrogen-bond acceptors (Lipinski definition) is 3. The average Bonchev–Trinajstić information content (AvgIpc) is 2.41. The molecule has 1 heterocycles. The molecule has 1 aliphatic rings. The quantitative estimate of drug-likeness (QED) is 0.671. The monoisotopic (exact) mass is 184 g/mol. The summed E-state index contributed by atoms with van der Waals surface area (Å²) in [6, 6.07) is 0. The van der Waals surface area contributed by atoms with Gasteiger partial charge >= 0.3 is 0 Å².